The van der Waals surface area contributed by atoms with E-state index in [1.54, 1.807) is 52.0 Å². The van der Waals surface area contributed by atoms with Crippen molar-refractivity contribution in [1.29, 1.82) is 0 Å². The number of hydrogen-bond donors (Lipinski definition) is 2. The quantitative estimate of drug-likeness (QED) is 0.412. The summed E-state index contributed by atoms with van der Waals surface area (Å²) in [6.07, 6.45) is -0.950. The fourth-order valence-corrected chi connectivity index (χ4v) is 3.99. The third kappa shape index (κ3) is 8.53. The number of nitrogens with zero attached hydrogens (tertiary/aromatic N) is 4. The Bertz CT molecular complexity index is 1250. The first-order chi connectivity index (χ1) is 19.4. The molecule has 0 aliphatic carbocycles. The van der Waals surface area contributed by atoms with E-state index in [1.807, 2.05) is 6.07 Å². The van der Waals surface area contributed by atoms with Gasteiger partial charge in [-0.3, -0.25) is 19.2 Å². The molecule has 2 N–H and O–H groups in total. The molecule has 13 nitrogen and oxygen atoms in total. The van der Waals surface area contributed by atoms with Gasteiger partial charge in [-0.1, -0.05) is 39.0 Å². The van der Waals surface area contributed by atoms with Crippen molar-refractivity contribution in [2.24, 2.45) is 5.41 Å². The van der Waals surface area contributed by atoms with Crippen molar-refractivity contribution in [2.45, 2.75) is 46.6 Å². The van der Waals surface area contributed by atoms with Crippen molar-refractivity contribution in [2.75, 3.05) is 39.4 Å². The van der Waals surface area contributed by atoms with Gasteiger partial charge in [0.2, 0.25) is 11.8 Å². The molecule has 0 bridgehead atoms. The van der Waals surface area contributed by atoms with Crippen LogP contribution in [0.15, 0.2) is 36.4 Å². The molecule has 0 saturated carbocycles. The first-order valence-electron chi connectivity index (χ1n) is 13.5. The average Bonchev–Trinajstić information content (AvgIpc) is 3.38. The summed E-state index contributed by atoms with van der Waals surface area (Å²) in [7, 11) is 0. The number of carbonyl (C=O) groups is 5. The van der Waals surface area contributed by atoms with Crippen LogP contribution in [0.25, 0.3) is 5.69 Å². The lowest BCUT2D eigenvalue weighted by molar-refractivity contribution is -0.138. The van der Waals surface area contributed by atoms with Gasteiger partial charge >= 0.3 is 12.1 Å². The molecule has 0 radical (unpaired) electrons. The second-order valence-electron chi connectivity index (χ2n) is 10.5. The van der Waals surface area contributed by atoms with E-state index >= 15 is 0 Å². The zero-order valence-corrected chi connectivity index (χ0v) is 23.8. The van der Waals surface area contributed by atoms with Crippen LogP contribution in [0.2, 0.25) is 0 Å². The standard InChI is InChI=1S/C28H37N5O8/c1-5-40-27(39)32-15-13-31(14-16-32)26(38)20(11-12-24(35)36)29-25(37)21-17-23(41-18-22(34)28(2,3)4)33(30-21)19-9-7-6-8-10-19/h6-10,17,20H,5,11-16,18H2,1-4H3,(H,29,37)(H,35,36). The van der Waals surface area contributed by atoms with Crippen LogP contribution >= 0.6 is 0 Å². The predicted molar refractivity (Wildman–Crippen MR) is 147 cm³/mol. The molecule has 13 heteroatoms. The molecule has 41 heavy (non-hydrogen) atoms. The minimum atomic E-state index is -1.14. The van der Waals surface area contributed by atoms with Gasteiger partial charge in [-0.2, -0.15) is 5.10 Å². The molecule has 1 saturated heterocycles. The zero-order chi connectivity index (χ0) is 30.2. The summed E-state index contributed by atoms with van der Waals surface area (Å²) >= 11 is 0. The van der Waals surface area contributed by atoms with Crippen molar-refractivity contribution in [3.8, 4) is 11.6 Å². The number of ether oxygens (including phenoxy) is 2. The van der Waals surface area contributed by atoms with Gasteiger partial charge in [-0.25, -0.2) is 9.48 Å². The average molecular weight is 572 g/mol. The topological polar surface area (TPSA) is 160 Å². The SMILES string of the molecule is CCOC(=O)N1CCN(C(=O)C(CCC(=O)O)NC(=O)c2cc(OCC(=O)C(C)(C)C)n(-c3ccccc3)n2)CC1. The van der Waals surface area contributed by atoms with Crippen molar-refractivity contribution in [3.05, 3.63) is 42.1 Å². The van der Waals surface area contributed by atoms with Gasteiger partial charge in [0.1, 0.15) is 12.6 Å². The highest BCUT2D eigenvalue weighted by atomic mass is 16.6. The molecule has 1 aromatic heterocycles. The lowest BCUT2D eigenvalue weighted by Crippen LogP contribution is -2.56. The van der Waals surface area contributed by atoms with Gasteiger partial charge in [0, 0.05) is 44.1 Å². The first-order valence-corrected chi connectivity index (χ1v) is 13.5. The van der Waals surface area contributed by atoms with Crippen LogP contribution in [-0.2, 0) is 19.1 Å². The van der Waals surface area contributed by atoms with E-state index in [0.717, 1.165) is 0 Å². The van der Waals surface area contributed by atoms with Gasteiger partial charge in [0.05, 0.1) is 12.3 Å². The molecule has 2 heterocycles. The number of nitrogens with one attached hydrogen (secondary N) is 1. The van der Waals surface area contributed by atoms with Gasteiger partial charge in [-0.15, -0.1) is 0 Å². The fourth-order valence-electron chi connectivity index (χ4n) is 3.99. The highest BCUT2D eigenvalue weighted by molar-refractivity contribution is 5.96. The van der Waals surface area contributed by atoms with Crippen molar-refractivity contribution in [1.82, 2.24) is 24.9 Å². The number of carboxylic acid groups (broad SMARTS) is 1. The van der Waals surface area contributed by atoms with E-state index in [0.29, 0.717) is 5.69 Å². The van der Waals surface area contributed by atoms with Crippen LogP contribution in [0, 0.1) is 5.41 Å². The first kappa shape index (κ1) is 31.1. The summed E-state index contributed by atoms with van der Waals surface area (Å²) < 4.78 is 12.1. The highest BCUT2D eigenvalue weighted by Crippen LogP contribution is 2.22. The van der Waals surface area contributed by atoms with Gasteiger partial charge in [0.25, 0.3) is 5.91 Å². The number of rotatable bonds is 11. The van der Waals surface area contributed by atoms with Crippen LogP contribution in [-0.4, -0.2) is 99.8 Å². The Balaban J connectivity index is 1.78. The molecule has 1 atom stereocenters. The Morgan fingerprint density at radius 3 is 2.24 bits per heavy atom. The van der Waals surface area contributed by atoms with Crippen LogP contribution in [0.1, 0.15) is 51.0 Å². The molecule has 1 aromatic carbocycles. The number of para-hydroxylation sites is 1. The Morgan fingerprint density at radius 2 is 1.66 bits per heavy atom. The van der Waals surface area contributed by atoms with Crippen LogP contribution in [0.4, 0.5) is 4.79 Å². The number of amides is 3. The second kappa shape index (κ2) is 13.8. The number of piperazine rings is 1. The third-order valence-electron chi connectivity index (χ3n) is 6.47. The largest absolute Gasteiger partial charge is 0.481 e. The number of carboxylic acids is 1. The minimum absolute atomic E-state index is 0.0766. The molecule has 2 aromatic rings. The van der Waals surface area contributed by atoms with Gasteiger partial charge < -0.3 is 29.7 Å². The predicted octanol–water partition coefficient (Wildman–Crippen LogP) is 2.13. The molecule has 0 spiro atoms. The van der Waals surface area contributed by atoms with E-state index < -0.39 is 35.3 Å². The zero-order valence-electron chi connectivity index (χ0n) is 23.8. The van der Waals surface area contributed by atoms with Crippen molar-refractivity contribution < 1.29 is 38.6 Å². The van der Waals surface area contributed by atoms with E-state index in [-0.39, 0.29) is 69.6 Å². The van der Waals surface area contributed by atoms with E-state index in [2.05, 4.69) is 10.4 Å². The van der Waals surface area contributed by atoms with E-state index in [9.17, 15) is 29.1 Å². The van der Waals surface area contributed by atoms with E-state index in [4.69, 9.17) is 9.47 Å². The summed E-state index contributed by atoms with van der Waals surface area (Å²) in [5, 5.41) is 16.2. The molecule has 3 rings (SSSR count). The fraction of sp³-hybridized carbons (Fsp3) is 0.500. The molecule has 1 fully saturated rings. The Morgan fingerprint density at radius 1 is 1.02 bits per heavy atom. The van der Waals surface area contributed by atoms with Crippen molar-refractivity contribution in [3.63, 3.8) is 0 Å². The summed E-state index contributed by atoms with van der Waals surface area (Å²) in [5.41, 5.74) is -0.118. The molecule has 3 amide bonds. The maximum Gasteiger partial charge on any atom is 0.409 e. The summed E-state index contributed by atoms with van der Waals surface area (Å²) in [4.78, 5) is 65.3. The van der Waals surface area contributed by atoms with Crippen LogP contribution in [0.5, 0.6) is 5.88 Å². The smallest absolute Gasteiger partial charge is 0.409 e. The molecule has 222 valence electrons. The number of hydrogen-bond acceptors (Lipinski definition) is 8. The van der Waals surface area contributed by atoms with E-state index in [1.165, 1.54) is 20.5 Å². The lowest BCUT2D eigenvalue weighted by atomic mass is 9.91. The highest BCUT2D eigenvalue weighted by Gasteiger charge is 2.32. The molecule has 1 aliphatic heterocycles. The molecular formula is C28H37N5O8. The number of ketones is 1. The van der Waals surface area contributed by atoms with Crippen molar-refractivity contribution >= 4 is 29.7 Å². The number of benzene rings is 1. The summed E-state index contributed by atoms with van der Waals surface area (Å²) in [6.45, 7) is 7.95. The Hall–Kier alpha value is -4.42. The number of carbonyl (C=O) groups excluding carboxylic acids is 4. The number of aliphatic carboxylic acids is 1. The van der Waals surface area contributed by atoms with Gasteiger partial charge in [-0.05, 0) is 25.5 Å². The maximum atomic E-state index is 13.3. The molecule has 1 aliphatic rings. The summed E-state index contributed by atoms with van der Waals surface area (Å²) in [6, 6.07) is 9.11. The Kier molecular flexibility index (Phi) is 10.5. The van der Waals surface area contributed by atoms with Crippen LogP contribution < -0.4 is 10.1 Å². The third-order valence-corrected chi connectivity index (χ3v) is 6.47. The summed E-state index contributed by atoms with van der Waals surface area (Å²) in [5.74, 6) is -2.27. The minimum Gasteiger partial charge on any atom is -0.481 e. The Labute approximate surface area is 238 Å². The number of aromatic nitrogens is 2. The maximum absolute atomic E-state index is 13.3. The monoisotopic (exact) mass is 571 g/mol. The number of Topliss-reactive ketones (excluding diaryl/α,β-unsaturated/α-hetero) is 1. The molecule has 1 unspecified atom stereocenters. The normalized spacial score (nSPS) is 14.2. The second-order valence-corrected chi connectivity index (χ2v) is 10.5. The lowest BCUT2D eigenvalue weighted by Gasteiger charge is -2.35. The van der Waals surface area contributed by atoms with Gasteiger partial charge in [0.15, 0.2) is 11.5 Å². The molecular weight excluding hydrogens is 534 g/mol. The van der Waals surface area contributed by atoms with Crippen LogP contribution in [0.3, 0.4) is 0 Å².